The highest BCUT2D eigenvalue weighted by atomic mass is 35.5. The van der Waals surface area contributed by atoms with E-state index in [0.29, 0.717) is 11.4 Å². The smallest absolute Gasteiger partial charge is 0.224 e. The van der Waals surface area contributed by atoms with Crippen LogP contribution in [0.2, 0.25) is 5.02 Å². The fourth-order valence-electron chi connectivity index (χ4n) is 2.04. The molecule has 1 aromatic rings. The van der Waals surface area contributed by atoms with E-state index >= 15 is 0 Å². The highest BCUT2D eigenvalue weighted by Gasteiger charge is 2.02. The van der Waals surface area contributed by atoms with Gasteiger partial charge in [0.1, 0.15) is 0 Å². The Bertz CT molecular complexity index is 400. The predicted molar refractivity (Wildman–Crippen MR) is 87.2 cm³/mol. The Morgan fingerprint density at radius 1 is 1.05 bits per heavy atom. The van der Waals surface area contributed by atoms with E-state index in [2.05, 4.69) is 11.9 Å². The summed E-state index contributed by atoms with van der Waals surface area (Å²) in [4.78, 5) is 11.7. The first kappa shape index (κ1) is 16.8. The molecule has 1 N–H and O–H groups in total. The molecule has 0 bridgehead atoms. The van der Waals surface area contributed by atoms with E-state index in [9.17, 15) is 4.79 Å². The summed E-state index contributed by atoms with van der Waals surface area (Å²) < 4.78 is 0. The molecule has 0 heterocycles. The van der Waals surface area contributed by atoms with Crippen LogP contribution in [0.1, 0.15) is 51.4 Å². The van der Waals surface area contributed by atoms with Crippen molar-refractivity contribution in [2.24, 2.45) is 0 Å². The number of anilines is 1. The molecule has 1 amide bonds. The highest BCUT2D eigenvalue weighted by Crippen LogP contribution is 2.14. The van der Waals surface area contributed by atoms with Gasteiger partial charge >= 0.3 is 0 Å². The minimum absolute atomic E-state index is 0.0824. The molecular formula is C17H24ClNO. The summed E-state index contributed by atoms with van der Waals surface area (Å²) in [5, 5.41) is 3.56. The van der Waals surface area contributed by atoms with Crippen molar-refractivity contribution < 1.29 is 4.79 Å². The Balaban J connectivity index is 2.03. The maximum absolute atomic E-state index is 11.7. The van der Waals surface area contributed by atoms with Gasteiger partial charge in [-0.2, -0.15) is 0 Å². The number of hydrogen-bond acceptors (Lipinski definition) is 1. The van der Waals surface area contributed by atoms with Crippen molar-refractivity contribution in [3.63, 3.8) is 0 Å². The average molecular weight is 294 g/mol. The Hall–Kier alpha value is -1.28. The summed E-state index contributed by atoms with van der Waals surface area (Å²) >= 11 is 5.79. The SMILES string of the molecule is C=CCCCCCCCCC(=O)Nc1ccc(Cl)cc1. The van der Waals surface area contributed by atoms with E-state index < -0.39 is 0 Å². The molecule has 0 fully saturated rings. The molecule has 0 spiro atoms. The van der Waals surface area contributed by atoms with Gasteiger partial charge in [0.25, 0.3) is 0 Å². The molecule has 0 radical (unpaired) electrons. The maximum atomic E-state index is 11.7. The lowest BCUT2D eigenvalue weighted by Gasteiger charge is -2.05. The lowest BCUT2D eigenvalue weighted by Crippen LogP contribution is -2.10. The largest absolute Gasteiger partial charge is 0.326 e. The van der Waals surface area contributed by atoms with E-state index in [4.69, 9.17) is 11.6 Å². The summed E-state index contributed by atoms with van der Waals surface area (Å²) in [6, 6.07) is 7.19. The number of nitrogens with one attached hydrogen (secondary N) is 1. The van der Waals surface area contributed by atoms with Crippen LogP contribution >= 0.6 is 11.6 Å². The summed E-state index contributed by atoms with van der Waals surface area (Å²) in [7, 11) is 0. The number of rotatable bonds is 10. The molecule has 0 aromatic heterocycles. The third-order valence-corrected chi connectivity index (χ3v) is 3.44. The lowest BCUT2D eigenvalue weighted by molar-refractivity contribution is -0.116. The van der Waals surface area contributed by atoms with E-state index in [1.54, 1.807) is 12.1 Å². The number of hydrogen-bond donors (Lipinski definition) is 1. The Morgan fingerprint density at radius 3 is 2.30 bits per heavy atom. The fourth-order valence-corrected chi connectivity index (χ4v) is 2.16. The van der Waals surface area contributed by atoms with Crippen LogP contribution in [0.25, 0.3) is 0 Å². The van der Waals surface area contributed by atoms with Gasteiger partial charge in [-0.05, 0) is 43.5 Å². The highest BCUT2D eigenvalue weighted by molar-refractivity contribution is 6.30. The van der Waals surface area contributed by atoms with Gasteiger partial charge in [0.15, 0.2) is 0 Å². The molecule has 3 heteroatoms. The molecule has 2 nitrogen and oxygen atoms in total. The van der Waals surface area contributed by atoms with Gasteiger partial charge in [-0.3, -0.25) is 4.79 Å². The van der Waals surface area contributed by atoms with Gasteiger partial charge in [-0.1, -0.05) is 43.4 Å². The number of unbranched alkanes of at least 4 members (excludes halogenated alkanes) is 6. The zero-order valence-electron chi connectivity index (χ0n) is 12.0. The van der Waals surface area contributed by atoms with Crippen molar-refractivity contribution >= 4 is 23.2 Å². The maximum Gasteiger partial charge on any atom is 0.224 e. The molecule has 0 atom stereocenters. The lowest BCUT2D eigenvalue weighted by atomic mass is 10.1. The minimum Gasteiger partial charge on any atom is -0.326 e. The first-order valence-electron chi connectivity index (χ1n) is 7.38. The van der Waals surface area contributed by atoms with Crippen LogP contribution in [0.3, 0.4) is 0 Å². The molecule has 20 heavy (non-hydrogen) atoms. The first-order valence-corrected chi connectivity index (χ1v) is 7.76. The topological polar surface area (TPSA) is 29.1 Å². The first-order chi connectivity index (χ1) is 9.72. The summed E-state index contributed by atoms with van der Waals surface area (Å²) in [5.41, 5.74) is 0.809. The van der Waals surface area contributed by atoms with E-state index in [1.165, 1.54) is 25.7 Å². The van der Waals surface area contributed by atoms with Crippen LogP contribution in [0, 0.1) is 0 Å². The number of carbonyl (C=O) groups excluding carboxylic acids is 1. The van der Waals surface area contributed by atoms with Crippen molar-refractivity contribution in [2.75, 3.05) is 5.32 Å². The van der Waals surface area contributed by atoms with Crippen LogP contribution in [0.4, 0.5) is 5.69 Å². The summed E-state index contributed by atoms with van der Waals surface area (Å²) in [6.45, 7) is 3.71. The molecule has 1 aromatic carbocycles. The van der Waals surface area contributed by atoms with Crippen molar-refractivity contribution in [3.05, 3.63) is 41.9 Å². The van der Waals surface area contributed by atoms with Gasteiger partial charge in [0, 0.05) is 17.1 Å². The number of halogens is 1. The predicted octanol–water partition coefficient (Wildman–Crippen LogP) is 5.59. The number of amides is 1. The quantitative estimate of drug-likeness (QED) is 0.442. The third-order valence-electron chi connectivity index (χ3n) is 3.19. The molecule has 1 rings (SSSR count). The zero-order valence-corrected chi connectivity index (χ0v) is 12.8. The second-order valence-corrected chi connectivity index (χ2v) is 5.44. The van der Waals surface area contributed by atoms with Crippen LogP contribution in [-0.4, -0.2) is 5.91 Å². The third kappa shape index (κ3) is 8.00. The molecule has 0 aliphatic rings. The van der Waals surface area contributed by atoms with Gasteiger partial charge in [-0.15, -0.1) is 6.58 Å². The molecular weight excluding hydrogens is 270 g/mol. The molecule has 0 saturated heterocycles. The van der Waals surface area contributed by atoms with Crippen LogP contribution in [0.5, 0.6) is 0 Å². The fraction of sp³-hybridized carbons (Fsp3) is 0.471. The van der Waals surface area contributed by atoms with Gasteiger partial charge in [-0.25, -0.2) is 0 Å². The summed E-state index contributed by atoms with van der Waals surface area (Å²) in [5.74, 6) is 0.0824. The van der Waals surface area contributed by atoms with Crippen molar-refractivity contribution in [3.8, 4) is 0 Å². The van der Waals surface area contributed by atoms with E-state index in [0.717, 1.165) is 24.9 Å². The van der Waals surface area contributed by atoms with Gasteiger partial charge in [0.2, 0.25) is 5.91 Å². The number of carbonyl (C=O) groups is 1. The van der Waals surface area contributed by atoms with Crippen LogP contribution < -0.4 is 5.32 Å². The molecule has 0 aliphatic carbocycles. The minimum atomic E-state index is 0.0824. The van der Waals surface area contributed by atoms with Crippen LogP contribution in [0.15, 0.2) is 36.9 Å². The van der Waals surface area contributed by atoms with Gasteiger partial charge < -0.3 is 5.32 Å². The molecule has 0 aliphatic heterocycles. The average Bonchev–Trinajstić information content (AvgIpc) is 2.44. The van der Waals surface area contributed by atoms with E-state index in [-0.39, 0.29) is 5.91 Å². The van der Waals surface area contributed by atoms with Crippen molar-refractivity contribution in [1.82, 2.24) is 0 Å². The number of allylic oxidation sites excluding steroid dienone is 1. The second kappa shape index (κ2) is 10.5. The summed E-state index contributed by atoms with van der Waals surface area (Å²) in [6.07, 6.45) is 10.7. The Kier molecular flexibility index (Phi) is 8.81. The van der Waals surface area contributed by atoms with Crippen molar-refractivity contribution in [1.29, 1.82) is 0 Å². The molecule has 110 valence electrons. The standard InChI is InChI=1S/C17H24ClNO/c1-2-3-4-5-6-7-8-9-10-17(20)19-16-13-11-15(18)12-14-16/h2,11-14H,1,3-10H2,(H,19,20). The number of benzene rings is 1. The van der Waals surface area contributed by atoms with Crippen LogP contribution in [-0.2, 0) is 4.79 Å². The molecule has 0 saturated carbocycles. The van der Waals surface area contributed by atoms with Gasteiger partial charge in [0.05, 0.1) is 0 Å². The van der Waals surface area contributed by atoms with E-state index in [1.807, 2.05) is 18.2 Å². The molecule has 0 unspecified atom stereocenters. The normalized spacial score (nSPS) is 10.2. The Morgan fingerprint density at radius 2 is 1.65 bits per heavy atom. The monoisotopic (exact) mass is 293 g/mol. The van der Waals surface area contributed by atoms with Crippen molar-refractivity contribution in [2.45, 2.75) is 51.4 Å². The Labute approximate surface area is 127 Å². The second-order valence-electron chi connectivity index (χ2n) is 5.00. The zero-order chi connectivity index (χ0) is 14.6.